The first-order chi connectivity index (χ1) is 14.0. The summed E-state index contributed by atoms with van der Waals surface area (Å²) in [6.07, 6.45) is 3.47. The number of hydrogen-bond acceptors (Lipinski definition) is 7. The molecule has 29 heavy (non-hydrogen) atoms. The van der Waals surface area contributed by atoms with Crippen LogP contribution in [0.15, 0.2) is 9.59 Å². The van der Waals surface area contributed by atoms with Crippen LogP contribution in [-0.2, 0) is 27.3 Å². The van der Waals surface area contributed by atoms with Gasteiger partial charge in [0.2, 0.25) is 0 Å². The third-order valence-corrected chi connectivity index (χ3v) is 7.10. The highest BCUT2D eigenvalue weighted by Gasteiger charge is 2.31. The highest BCUT2D eigenvalue weighted by Crippen LogP contribution is 2.34. The minimum Gasteiger partial charge on any atom is -0.376 e. The zero-order valence-corrected chi connectivity index (χ0v) is 18.0. The number of rotatable bonds is 9. The number of aryl methyl sites for hydroxylation is 1. The molecular formula is C20H29N3O5S. The van der Waals surface area contributed by atoms with E-state index in [0.717, 1.165) is 47.6 Å². The molecule has 1 unspecified atom stereocenters. The molecule has 2 fully saturated rings. The van der Waals surface area contributed by atoms with E-state index >= 15 is 0 Å². The zero-order valence-electron chi connectivity index (χ0n) is 17.2. The smallest absolute Gasteiger partial charge is 0.332 e. The average Bonchev–Trinajstić information content (AvgIpc) is 3.29. The van der Waals surface area contributed by atoms with E-state index in [-0.39, 0.29) is 29.7 Å². The van der Waals surface area contributed by atoms with E-state index in [0.29, 0.717) is 25.0 Å². The van der Waals surface area contributed by atoms with Crippen molar-refractivity contribution in [3.8, 4) is 0 Å². The van der Waals surface area contributed by atoms with Crippen molar-refractivity contribution >= 4 is 21.6 Å². The molecule has 2 aliphatic rings. The van der Waals surface area contributed by atoms with Crippen LogP contribution < -0.4 is 16.6 Å². The third-order valence-electron chi connectivity index (χ3n) is 5.79. The average molecular weight is 424 g/mol. The maximum absolute atomic E-state index is 13.2. The molecular weight excluding hydrogens is 394 g/mol. The van der Waals surface area contributed by atoms with Gasteiger partial charge in [-0.1, -0.05) is 0 Å². The van der Waals surface area contributed by atoms with Crippen LogP contribution in [0.4, 0.5) is 0 Å². The molecule has 0 radical (unpaired) electrons. The lowest BCUT2D eigenvalue weighted by Gasteiger charge is -2.15. The summed E-state index contributed by atoms with van der Waals surface area (Å²) in [5.41, 5.74) is 0.604. The predicted molar refractivity (Wildman–Crippen MR) is 112 cm³/mol. The number of fused-ring (bicyclic) bond motifs is 1. The van der Waals surface area contributed by atoms with Crippen molar-refractivity contribution in [1.82, 2.24) is 14.5 Å². The molecule has 1 N–H and O–H groups in total. The molecule has 160 valence electrons. The number of methoxy groups -OCH3 is 2. The van der Waals surface area contributed by atoms with Gasteiger partial charge >= 0.3 is 5.69 Å². The predicted octanol–water partition coefficient (Wildman–Crippen LogP) is 1.76. The van der Waals surface area contributed by atoms with Crippen LogP contribution in [0, 0.1) is 6.92 Å². The highest BCUT2D eigenvalue weighted by atomic mass is 32.1. The lowest BCUT2D eigenvalue weighted by molar-refractivity contribution is -0.0988. The number of nitrogens with zero attached hydrogens (tertiary/aromatic N) is 2. The summed E-state index contributed by atoms with van der Waals surface area (Å²) >= 11 is 1.52. The quantitative estimate of drug-likeness (QED) is 0.619. The molecule has 0 amide bonds. The van der Waals surface area contributed by atoms with Crippen LogP contribution in [0.2, 0.25) is 0 Å². The Balaban J connectivity index is 1.72. The molecule has 0 spiro atoms. The minimum absolute atomic E-state index is 0.0363. The topological polar surface area (TPSA) is 83.7 Å². The SMILES string of the molecule is COC(CNCc1sc2c(c1C)c(=O)n(C1CC1)c(=O)n2CC1CCCO1)OC. The summed E-state index contributed by atoms with van der Waals surface area (Å²) in [6.45, 7) is 4.34. The Morgan fingerprint density at radius 3 is 2.62 bits per heavy atom. The fourth-order valence-corrected chi connectivity index (χ4v) is 5.22. The summed E-state index contributed by atoms with van der Waals surface area (Å²) in [4.78, 5) is 28.2. The standard InChI is InChI=1S/C20H29N3O5S/c1-12-15(9-21-10-16(26-2)27-3)29-19-17(12)18(24)23(13-6-7-13)20(25)22(19)11-14-5-4-8-28-14/h13-14,16,21H,4-11H2,1-3H3. The number of hydrogen-bond donors (Lipinski definition) is 1. The Hall–Kier alpha value is -1.52. The molecule has 8 nitrogen and oxygen atoms in total. The Morgan fingerprint density at radius 2 is 2.00 bits per heavy atom. The maximum Gasteiger partial charge on any atom is 0.332 e. The van der Waals surface area contributed by atoms with Crippen molar-refractivity contribution in [2.75, 3.05) is 27.4 Å². The second-order valence-electron chi connectivity index (χ2n) is 7.80. The van der Waals surface area contributed by atoms with Gasteiger partial charge in [-0.15, -0.1) is 11.3 Å². The van der Waals surface area contributed by atoms with Gasteiger partial charge in [-0.05, 0) is 38.2 Å². The Labute approximate surface area is 173 Å². The molecule has 1 aliphatic heterocycles. The molecule has 0 bridgehead atoms. The molecule has 1 saturated heterocycles. The van der Waals surface area contributed by atoms with Crippen molar-refractivity contribution in [3.63, 3.8) is 0 Å². The van der Waals surface area contributed by atoms with Gasteiger partial charge in [-0.25, -0.2) is 4.79 Å². The molecule has 3 heterocycles. The van der Waals surface area contributed by atoms with Gasteiger partial charge in [0.15, 0.2) is 6.29 Å². The zero-order chi connectivity index (χ0) is 20.5. The largest absolute Gasteiger partial charge is 0.376 e. The lowest BCUT2D eigenvalue weighted by Crippen LogP contribution is -2.40. The van der Waals surface area contributed by atoms with Gasteiger partial charge in [0.1, 0.15) is 4.83 Å². The van der Waals surface area contributed by atoms with Crippen LogP contribution in [-0.4, -0.2) is 48.9 Å². The van der Waals surface area contributed by atoms with Gasteiger partial charge in [0.25, 0.3) is 5.56 Å². The van der Waals surface area contributed by atoms with Gasteiger partial charge in [-0.2, -0.15) is 0 Å². The Kier molecular flexibility index (Phi) is 6.21. The van der Waals surface area contributed by atoms with E-state index in [4.69, 9.17) is 14.2 Å². The summed E-state index contributed by atoms with van der Waals surface area (Å²) < 4.78 is 19.4. The number of ether oxygens (including phenoxy) is 3. The molecule has 1 saturated carbocycles. The van der Waals surface area contributed by atoms with Crippen LogP contribution in [0.1, 0.15) is 42.2 Å². The van der Waals surface area contributed by atoms with E-state index in [9.17, 15) is 9.59 Å². The number of thiophene rings is 1. The van der Waals surface area contributed by atoms with Gasteiger partial charge in [0, 0.05) is 44.8 Å². The highest BCUT2D eigenvalue weighted by molar-refractivity contribution is 7.18. The second kappa shape index (κ2) is 8.69. The monoisotopic (exact) mass is 423 g/mol. The van der Waals surface area contributed by atoms with Crippen molar-refractivity contribution in [3.05, 3.63) is 31.3 Å². The van der Waals surface area contributed by atoms with Crippen LogP contribution in [0.3, 0.4) is 0 Å². The summed E-state index contributed by atoms with van der Waals surface area (Å²) in [7, 11) is 3.20. The Bertz CT molecular complexity index is 981. The summed E-state index contributed by atoms with van der Waals surface area (Å²) in [5.74, 6) is 0. The van der Waals surface area contributed by atoms with Crippen LogP contribution in [0.25, 0.3) is 10.2 Å². The first-order valence-electron chi connectivity index (χ1n) is 10.2. The van der Waals surface area contributed by atoms with Gasteiger partial charge < -0.3 is 19.5 Å². The van der Waals surface area contributed by atoms with Gasteiger partial charge in [-0.3, -0.25) is 13.9 Å². The molecule has 0 aromatic carbocycles. The fraction of sp³-hybridized carbons (Fsp3) is 0.700. The van der Waals surface area contributed by atoms with Crippen LogP contribution >= 0.6 is 11.3 Å². The Morgan fingerprint density at radius 1 is 1.24 bits per heavy atom. The normalized spacial score (nSPS) is 19.7. The molecule has 4 rings (SSSR count). The third kappa shape index (κ3) is 4.06. The summed E-state index contributed by atoms with van der Waals surface area (Å²) in [5, 5.41) is 3.99. The summed E-state index contributed by atoms with van der Waals surface area (Å²) in [6, 6.07) is 0.0418. The number of aromatic nitrogens is 2. The van der Waals surface area contributed by atoms with Crippen molar-refractivity contribution in [2.24, 2.45) is 0 Å². The van der Waals surface area contributed by atoms with E-state index in [2.05, 4.69) is 5.32 Å². The molecule has 1 aliphatic carbocycles. The second-order valence-corrected chi connectivity index (χ2v) is 8.88. The minimum atomic E-state index is -0.325. The molecule has 2 aromatic rings. The molecule has 1 atom stereocenters. The fourth-order valence-electron chi connectivity index (χ4n) is 3.95. The number of nitrogens with one attached hydrogen (secondary N) is 1. The first-order valence-corrected chi connectivity index (χ1v) is 11.0. The van der Waals surface area contributed by atoms with Crippen LogP contribution in [0.5, 0.6) is 0 Å². The van der Waals surface area contributed by atoms with Gasteiger partial charge in [0.05, 0.1) is 18.0 Å². The van der Waals surface area contributed by atoms with E-state index in [1.54, 1.807) is 18.8 Å². The van der Waals surface area contributed by atoms with Crippen molar-refractivity contribution < 1.29 is 14.2 Å². The maximum atomic E-state index is 13.2. The van der Waals surface area contributed by atoms with E-state index in [1.165, 1.54) is 15.9 Å². The van der Waals surface area contributed by atoms with E-state index in [1.807, 2.05) is 6.92 Å². The molecule has 2 aromatic heterocycles. The van der Waals surface area contributed by atoms with Crippen molar-refractivity contribution in [1.29, 1.82) is 0 Å². The molecule has 9 heteroatoms. The first kappa shape index (κ1) is 20.7. The van der Waals surface area contributed by atoms with Crippen molar-refractivity contribution in [2.45, 2.75) is 64.1 Å². The lowest BCUT2D eigenvalue weighted by atomic mass is 10.2. The van der Waals surface area contributed by atoms with E-state index < -0.39 is 0 Å².